The van der Waals surface area contributed by atoms with Gasteiger partial charge in [-0.25, -0.2) is 9.97 Å². The van der Waals surface area contributed by atoms with E-state index in [1.54, 1.807) is 19.3 Å². The topological polar surface area (TPSA) is 84.1 Å². The Morgan fingerprint density at radius 2 is 2.07 bits per heavy atom. The van der Waals surface area contributed by atoms with Crippen molar-refractivity contribution in [3.8, 4) is 0 Å². The number of aryl methyl sites for hydroxylation is 1. The fourth-order valence-corrected chi connectivity index (χ4v) is 0.864. The maximum atomic E-state index is 9.14. The van der Waals surface area contributed by atoms with Crippen molar-refractivity contribution >= 4 is 5.95 Å². The van der Waals surface area contributed by atoms with Crippen molar-refractivity contribution in [2.45, 2.75) is 26.0 Å². The van der Waals surface area contributed by atoms with Gasteiger partial charge in [0, 0.05) is 25.0 Å². The highest BCUT2D eigenvalue weighted by molar-refractivity contribution is 5.24. The van der Waals surface area contributed by atoms with E-state index in [-0.39, 0.29) is 6.04 Å². The molecular weight excluding hydrogens is 180 g/mol. The number of rotatable bonds is 4. The van der Waals surface area contributed by atoms with Crippen LogP contribution in [0.2, 0.25) is 0 Å². The highest BCUT2D eigenvalue weighted by Crippen LogP contribution is 1.98. The number of aliphatic hydroxyl groups excluding tert-OH is 1. The Kier molecular flexibility index (Phi) is 3.79. The summed E-state index contributed by atoms with van der Waals surface area (Å²) in [5, 5.41) is 12.1. The van der Waals surface area contributed by atoms with E-state index in [1.165, 1.54) is 0 Å². The minimum absolute atomic E-state index is 0.306. The Labute approximate surface area is 83.4 Å². The zero-order chi connectivity index (χ0) is 10.6. The molecule has 14 heavy (non-hydrogen) atoms. The van der Waals surface area contributed by atoms with Crippen molar-refractivity contribution in [1.82, 2.24) is 9.97 Å². The lowest BCUT2D eigenvalue weighted by atomic mass is 10.2. The van der Waals surface area contributed by atoms with Gasteiger partial charge in [-0.15, -0.1) is 0 Å². The number of anilines is 1. The molecule has 0 amide bonds. The maximum Gasteiger partial charge on any atom is 0.222 e. The van der Waals surface area contributed by atoms with Crippen LogP contribution in [0.5, 0.6) is 0 Å². The van der Waals surface area contributed by atoms with Gasteiger partial charge in [0.15, 0.2) is 0 Å². The maximum absolute atomic E-state index is 9.14. The average Bonchev–Trinajstić information content (AvgIpc) is 2.16. The van der Waals surface area contributed by atoms with E-state index in [2.05, 4.69) is 15.3 Å². The third-order valence-electron chi connectivity index (χ3n) is 1.90. The quantitative estimate of drug-likeness (QED) is 0.626. The molecule has 1 heterocycles. The summed E-state index contributed by atoms with van der Waals surface area (Å²) in [5.41, 5.74) is 6.64. The Morgan fingerprint density at radius 1 is 1.50 bits per heavy atom. The summed E-state index contributed by atoms with van der Waals surface area (Å²) in [6.07, 6.45) is 2.92. The van der Waals surface area contributed by atoms with E-state index in [9.17, 15) is 0 Å². The molecule has 0 spiro atoms. The Hall–Kier alpha value is -1.20. The van der Waals surface area contributed by atoms with Crippen LogP contribution in [0.15, 0.2) is 12.4 Å². The Bertz CT molecular complexity index is 273. The van der Waals surface area contributed by atoms with Crippen LogP contribution < -0.4 is 11.1 Å². The molecule has 0 aromatic carbocycles. The van der Waals surface area contributed by atoms with Crippen LogP contribution in [0, 0.1) is 6.92 Å². The van der Waals surface area contributed by atoms with Crippen LogP contribution >= 0.6 is 0 Å². The standard InChI is InChI=1S/C9H16N4O/c1-6-3-11-9(12-4-6)13-5-8(10)7(2)14/h3-4,7-8,14H,5,10H2,1-2H3,(H,11,12,13). The largest absolute Gasteiger partial charge is 0.392 e. The van der Waals surface area contributed by atoms with Crippen LogP contribution in [0.1, 0.15) is 12.5 Å². The lowest BCUT2D eigenvalue weighted by molar-refractivity contribution is 0.168. The summed E-state index contributed by atoms with van der Waals surface area (Å²) < 4.78 is 0. The number of nitrogens with two attached hydrogens (primary N) is 1. The lowest BCUT2D eigenvalue weighted by Gasteiger charge is -2.14. The van der Waals surface area contributed by atoms with Crippen molar-refractivity contribution in [3.05, 3.63) is 18.0 Å². The first-order valence-electron chi connectivity index (χ1n) is 4.55. The fourth-order valence-electron chi connectivity index (χ4n) is 0.864. The summed E-state index contributed by atoms with van der Waals surface area (Å²) >= 11 is 0. The van der Waals surface area contributed by atoms with E-state index < -0.39 is 6.10 Å². The third-order valence-corrected chi connectivity index (χ3v) is 1.90. The predicted octanol–water partition coefficient (Wildman–Crippen LogP) is -0.0950. The zero-order valence-electron chi connectivity index (χ0n) is 8.44. The molecule has 1 aromatic heterocycles. The second-order valence-corrected chi connectivity index (χ2v) is 3.37. The first kappa shape index (κ1) is 10.9. The summed E-state index contributed by atoms with van der Waals surface area (Å²) in [5.74, 6) is 0.534. The summed E-state index contributed by atoms with van der Waals surface area (Å²) in [7, 11) is 0. The molecule has 2 unspecified atom stereocenters. The second-order valence-electron chi connectivity index (χ2n) is 3.37. The molecule has 0 aliphatic rings. The van der Waals surface area contributed by atoms with Gasteiger partial charge in [-0.2, -0.15) is 0 Å². The van der Waals surface area contributed by atoms with E-state index >= 15 is 0 Å². The van der Waals surface area contributed by atoms with Crippen molar-refractivity contribution in [2.75, 3.05) is 11.9 Å². The van der Waals surface area contributed by atoms with E-state index in [0.717, 1.165) is 5.56 Å². The van der Waals surface area contributed by atoms with Gasteiger partial charge in [-0.1, -0.05) is 0 Å². The normalized spacial score (nSPS) is 14.9. The van der Waals surface area contributed by atoms with Gasteiger partial charge in [0.1, 0.15) is 0 Å². The molecule has 5 nitrogen and oxygen atoms in total. The van der Waals surface area contributed by atoms with Gasteiger partial charge in [0.05, 0.1) is 6.10 Å². The summed E-state index contributed by atoms with van der Waals surface area (Å²) in [6.45, 7) is 4.04. The predicted molar refractivity (Wildman–Crippen MR) is 54.9 cm³/mol. The van der Waals surface area contributed by atoms with Gasteiger partial charge < -0.3 is 16.2 Å². The molecule has 0 bridgehead atoms. The average molecular weight is 196 g/mol. The van der Waals surface area contributed by atoms with E-state index in [1.807, 2.05) is 6.92 Å². The lowest BCUT2D eigenvalue weighted by Crippen LogP contribution is -2.38. The van der Waals surface area contributed by atoms with Crippen molar-refractivity contribution in [3.63, 3.8) is 0 Å². The number of hydrogen-bond donors (Lipinski definition) is 3. The highest BCUT2D eigenvalue weighted by Gasteiger charge is 2.08. The van der Waals surface area contributed by atoms with Crippen molar-refractivity contribution in [1.29, 1.82) is 0 Å². The molecule has 2 atom stereocenters. The molecule has 0 aliphatic carbocycles. The minimum atomic E-state index is -0.534. The highest BCUT2D eigenvalue weighted by atomic mass is 16.3. The van der Waals surface area contributed by atoms with Crippen LogP contribution in [0.3, 0.4) is 0 Å². The van der Waals surface area contributed by atoms with Crippen LogP contribution in [0.4, 0.5) is 5.95 Å². The number of nitrogens with one attached hydrogen (secondary N) is 1. The molecule has 1 aromatic rings. The number of aromatic nitrogens is 2. The smallest absolute Gasteiger partial charge is 0.222 e. The molecule has 5 heteroatoms. The third kappa shape index (κ3) is 3.27. The first-order valence-corrected chi connectivity index (χ1v) is 4.55. The van der Waals surface area contributed by atoms with Crippen LogP contribution in [-0.2, 0) is 0 Å². The van der Waals surface area contributed by atoms with Gasteiger partial charge in [0.2, 0.25) is 5.95 Å². The van der Waals surface area contributed by atoms with Crippen molar-refractivity contribution < 1.29 is 5.11 Å². The van der Waals surface area contributed by atoms with Gasteiger partial charge >= 0.3 is 0 Å². The first-order chi connectivity index (χ1) is 6.59. The number of nitrogens with zero attached hydrogens (tertiary/aromatic N) is 2. The fraction of sp³-hybridized carbons (Fsp3) is 0.556. The van der Waals surface area contributed by atoms with Crippen LogP contribution in [0.25, 0.3) is 0 Å². The molecule has 78 valence electrons. The Balaban J connectivity index is 2.42. The van der Waals surface area contributed by atoms with E-state index in [4.69, 9.17) is 10.8 Å². The molecule has 0 saturated carbocycles. The molecular formula is C9H16N4O. The number of hydrogen-bond acceptors (Lipinski definition) is 5. The minimum Gasteiger partial charge on any atom is -0.392 e. The zero-order valence-corrected chi connectivity index (χ0v) is 8.44. The molecule has 0 aliphatic heterocycles. The molecule has 0 radical (unpaired) electrons. The van der Waals surface area contributed by atoms with Crippen molar-refractivity contribution in [2.24, 2.45) is 5.73 Å². The SMILES string of the molecule is Cc1cnc(NCC(N)C(C)O)nc1. The molecule has 0 fully saturated rings. The second kappa shape index (κ2) is 4.88. The monoisotopic (exact) mass is 196 g/mol. The van der Waals surface area contributed by atoms with Gasteiger partial charge in [0.25, 0.3) is 0 Å². The molecule has 0 saturated heterocycles. The molecule has 4 N–H and O–H groups in total. The van der Waals surface area contributed by atoms with Gasteiger partial charge in [-0.3, -0.25) is 0 Å². The van der Waals surface area contributed by atoms with Gasteiger partial charge in [-0.05, 0) is 19.4 Å². The number of aliphatic hydroxyl groups is 1. The van der Waals surface area contributed by atoms with Crippen LogP contribution in [-0.4, -0.2) is 33.8 Å². The molecule has 1 rings (SSSR count). The summed E-state index contributed by atoms with van der Waals surface area (Å²) in [4.78, 5) is 8.10. The van der Waals surface area contributed by atoms with E-state index in [0.29, 0.717) is 12.5 Å². The Morgan fingerprint density at radius 3 is 2.57 bits per heavy atom. The summed E-state index contributed by atoms with van der Waals surface area (Å²) in [6, 6.07) is -0.306.